The first-order valence-electron chi connectivity index (χ1n) is 5.52. The molecule has 2 aromatic rings. The van der Waals surface area contributed by atoms with Crippen molar-refractivity contribution in [3.8, 4) is 5.69 Å². The predicted molar refractivity (Wildman–Crippen MR) is 75.3 cm³/mol. The van der Waals surface area contributed by atoms with Gasteiger partial charge in [-0.15, -0.1) is 0 Å². The van der Waals surface area contributed by atoms with E-state index in [9.17, 15) is 4.79 Å². The summed E-state index contributed by atoms with van der Waals surface area (Å²) in [4.78, 5) is 17.5. The lowest BCUT2D eigenvalue weighted by molar-refractivity contribution is 0.0821. The van der Waals surface area contributed by atoms with Gasteiger partial charge in [-0.25, -0.2) is 4.68 Å². The summed E-state index contributed by atoms with van der Waals surface area (Å²) >= 11 is 4.88. The molecule has 19 heavy (non-hydrogen) atoms. The Bertz CT molecular complexity index is 635. The molecule has 0 saturated carbocycles. The van der Waals surface area contributed by atoms with Gasteiger partial charge >= 0.3 is 0 Å². The van der Waals surface area contributed by atoms with Crippen molar-refractivity contribution in [3.63, 3.8) is 0 Å². The van der Waals surface area contributed by atoms with E-state index in [0.29, 0.717) is 11.4 Å². The van der Waals surface area contributed by atoms with Crippen LogP contribution >= 0.6 is 12.2 Å². The lowest BCUT2D eigenvalue weighted by atomic mass is 10.3. The predicted octanol–water partition coefficient (Wildman–Crippen LogP) is 0.603. The fourth-order valence-electron chi connectivity index (χ4n) is 1.51. The Hall–Kier alpha value is -2.28. The number of carbonyl (C=O) groups is 1. The van der Waals surface area contributed by atoms with Gasteiger partial charge in [0.2, 0.25) is 0 Å². The van der Waals surface area contributed by atoms with Crippen LogP contribution < -0.4 is 5.73 Å². The topological polar surface area (TPSA) is 77.0 Å². The second kappa shape index (κ2) is 5.15. The molecule has 0 atom stereocenters. The van der Waals surface area contributed by atoms with Crippen molar-refractivity contribution in [2.75, 3.05) is 14.1 Å². The van der Waals surface area contributed by atoms with Crippen molar-refractivity contribution in [3.05, 3.63) is 42.0 Å². The lowest BCUT2D eigenvalue weighted by Gasteiger charge is -2.07. The molecule has 0 aromatic carbocycles. The van der Waals surface area contributed by atoms with Crippen molar-refractivity contribution in [2.45, 2.75) is 0 Å². The molecular weight excluding hydrogens is 262 g/mol. The molecule has 98 valence electrons. The molecule has 0 aliphatic carbocycles. The number of aromatic nitrogens is 3. The maximum Gasteiger partial charge on any atom is 0.273 e. The van der Waals surface area contributed by atoms with Crippen molar-refractivity contribution < 1.29 is 4.79 Å². The molecule has 0 bridgehead atoms. The number of thiocarbonyl (C=S) groups is 1. The number of carbonyl (C=O) groups excluding carboxylic acids is 1. The smallest absolute Gasteiger partial charge is 0.273 e. The highest BCUT2D eigenvalue weighted by molar-refractivity contribution is 7.80. The van der Waals surface area contributed by atoms with E-state index in [1.807, 2.05) is 0 Å². The van der Waals surface area contributed by atoms with Crippen molar-refractivity contribution in [2.24, 2.45) is 5.73 Å². The highest BCUT2D eigenvalue weighted by atomic mass is 32.1. The van der Waals surface area contributed by atoms with E-state index < -0.39 is 0 Å². The Morgan fingerprint density at radius 2 is 2.11 bits per heavy atom. The maximum atomic E-state index is 11.8. The molecule has 0 unspecified atom stereocenters. The Labute approximate surface area is 115 Å². The van der Waals surface area contributed by atoms with Crippen LogP contribution in [0, 0.1) is 0 Å². The molecule has 0 saturated heterocycles. The van der Waals surface area contributed by atoms with Crippen LogP contribution in [0.4, 0.5) is 0 Å². The van der Waals surface area contributed by atoms with Gasteiger partial charge in [-0.05, 0) is 18.2 Å². The van der Waals surface area contributed by atoms with Gasteiger partial charge in [0, 0.05) is 26.5 Å². The second-order valence-corrected chi connectivity index (χ2v) is 4.55. The fourth-order valence-corrected chi connectivity index (χ4v) is 1.62. The van der Waals surface area contributed by atoms with Crippen LogP contribution in [0.5, 0.6) is 0 Å². The summed E-state index contributed by atoms with van der Waals surface area (Å²) in [7, 11) is 3.36. The van der Waals surface area contributed by atoms with Gasteiger partial charge in [0.15, 0.2) is 5.69 Å². The fraction of sp³-hybridized carbons (Fsp3) is 0.167. The number of amides is 1. The van der Waals surface area contributed by atoms with Gasteiger partial charge in [0.1, 0.15) is 4.99 Å². The van der Waals surface area contributed by atoms with Gasteiger partial charge in [0.25, 0.3) is 5.91 Å². The number of hydrogen-bond donors (Lipinski definition) is 1. The van der Waals surface area contributed by atoms with Crippen LogP contribution in [0.1, 0.15) is 16.2 Å². The third-order valence-corrected chi connectivity index (χ3v) is 2.68. The van der Waals surface area contributed by atoms with E-state index in [4.69, 9.17) is 18.0 Å². The van der Waals surface area contributed by atoms with Gasteiger partial charge < -0.3 is 10.6 Å². The molecule has 2 rings (SSSR count). The zero-order valence-corrected chi connectivity index (χ0v) is 11.4. The Kier molecular flexibility index (Phi) is 3.57. The summed E-state index contributed by atoms with van der Waals surface area (Å²) in [5, 5.41) is 4.22. The molecule has 2 N–H and O–H groups in total. The molecule has 0 spiro atoms. The standard InChI is InChI=1S/C12H13N5OS/c1-16(2)12(18)9-4-6-17(15-9)8-3-5-14-10(7-8)11(13)19/h3-7H,1-2H3,(H2,13,19). The first-order chi connectivity index (χ1) is 8.99. The summed E-state index contributed by atoms with van der Waals surface area (Å²) in [5.41, 5.74) is 7.17. The molecule has 2 heterocycles. The summed E-state index contributed by atoms with van der Waals surface area (Å²) in [5.74, 6) is -0.151. The zero-order chi connectivity index (χ0) is 14.0. The first kappa shape index (κ1) is 13.2. The van der Waals surface area contributed by atoms with E-state index in [1.165, 1.54) is 4.90 Å². The molecule has 0 aliphatic heterocycles. The number of pyridine rings is 1. The summed E-state index contributed by atoms with van der Waals surface area (Å²) in [6, 6.07) is 5.14. The number of rotatable bonds is 3. The van der Waals surface area contributed by atoms with Crippen LogP contribution in [0.2, 0.25) is 0 Å². The highest BCUT2D eigenvalue weighted by Gasteiger charge is 2.12. The molecule has 0 aliphatic rings. The van der Waals surface area contributed by atoms with Crippen LogP contribution in [0.15, 0.2) is 30.6 Å². The second-order valence-electron chi connectivity index (χ2n) is 4.11. The summed E-state index contributed by atoms with van der Waals surface area (Å²) in [6.45, 7) is 0. The zero-order valence-electron chi connectivity index (χ0n) is 10.6. The van der Waals surface area contributed by atoms with Crippen LogP contribution in [-0.4, -0.2) is 44.7 Å². The Morgan fingerprint density at radius 1 is 1.37 bits per heavy atom. The quantitative estimate of drug-likeness (QED) is 0.830. The number of nitrogens with zero attached hydrogens (tertiary/aromatic N) is 4. The summed E-state index contributed by atoms with van der Waals surface area (Å²) in [6.07, 6.45) is 3.30. The van der Waals surface area contributed by atoms with Crippen molar-refractivity contribution >= 4 is 23.1 Å². The number of nitrogens with two attached hydrogens (primary N) is 1. The normalized spacial score (nSPS) is 10.2. The minimum atomic E-state index is -0.151. The van der Waals surface area contributed by atoms with Gasteiger partial charge in [-0.2, -0.15) is 5.10 Å². The monoisotopic (exact) mass is 275 g/mol. The van der Waals surface area contributed by atoms with E-state index in [0.717, 1.165) is 5.69 Å². The average Bonchev–Trinajstić information content (AvgIpc) is 2.87. The van der Waals surface area contributed by atoms with Crippen LogP contribution in [-0.2, 0) is 0 Å². The highest BCUT2D eigenvalue weighted by Crippen LogP contribution is 2.09. The van der Waals surface area contributed by atoms with E-state index in [2.05, 4.69) is 10.1 Å². The van der Waals surface area contributed by atoms with Crippen LogP contribution in [0.3, 0.4) is 0 Å². The Morgan fingerprint density at radius 3 is 2.74 bits per heavy atom. The Balaban J connectivity index is 2.35. The first-order valence-corrected chi connectivity index (χ1v) is 5.93. The van der Waals surface area contributed by atoms with E-state index in [-0.39, 0.29) is 10.9 Å². The van der Waals surface area contributed by atoms with Crippen LogP contribution in [0.25, 0.3) is 5.69 Å². The lowest BCUT2D eigenvalue weighted by Crippen LogP contribution is -2.22. The van der Waals surface area contributed by atoms with Gasteiger partial charge in [0.05, 0.1) is 11.4 Å². The van der Waals surface area contributed by atoms with Crippen molar-refractivity contribution in [1.29, 1.82) is 0 Å². The minimum Gasteiger partial charge on any atom is -0.388 e. The third kappa shape index (κ3) is 2.76. The SMILES string of the molecule is CN(C)C(=O)c1ccn(-c2ccnc(C(N)=S)c2)n1. The molecular formula is C12H13N5OS. The van der Waals surface area contributed by atoms with Crippen molar-refractivity contribution in [1.82, 2.24) is 19.7 Å². The molecule has 2 aromatic heterocycles. The maximum absolute atomic E-state index is 11.8. The van der Waals surface area contributed by atoms with Gasteiger partial charge in [-0.3, -0.25) is 9.78 Å². The molecule has 7 heteroatoms. The minimum absolute atomic E-state index is 0.151. The molecule has 1 amide bonds. The molecule has 0 fully saturated rings. The number of hydrogen-bond acceptors (Lipinski definition) is 4. The summed E-state index contributed by atoms with van der Waals surface area (Å²) < 4.78 is 1.58. The molecule has 6 nitrogen and oxygen atoms in total. The van der Waals surface area contributed by atoms with E-state index in [1.54, 1.807) is 49.4 Å². The largest absolute Gasteiger partial charge is 0.388 e. The van der Waals surface area contributed by atoms with Gasteiger partial charge in [-0.1, -0.05) is 12.2 Å². The third-order valence-electron chi connectivity index (χ3n) is 2.47. The molecule has 0 radical (unpaired) electrons. The average molecular weight is 275 g/mol. The van der Waals surface area contributed by atoms with E-state index >= 15 is 0 Å².